The van der Waals surface area contributed by atoms with Crippen LogP contribution in [0.15, 0.2) is 27.1 Å². The predicted molar refractivity (Wildman–Crippen MR) is 71.4 cm³/mol. The fourth-order valence-electron chi connectivity index (χ4n) is 1.87. The van der Waals surface area contributed by atoms with Crippen molar-refractivity contribution in [1.82, 2.24) is 0 Å². The average molecular weight is 348 g/mol. The molecule has 2 rings (SSSR count). The molecular weight excluding hydrogens is 336 g/mol. The van der Waals surface area contributed by atoms with Gasteiger partial charge in [-0.3, -0.25) is 4.79 Å². The van der Waals surface area contributed by atoms with E-state index in [9.17, 15) is 4.79 Å². The Labute approximate surface area is 111 Å². The molecule has 0 saturated carbocycles. The van der Waals surface area contributed by atoms with E-state index in [-0.39, 0.29) is 11.8 Å². The number of amides is 1. The Morgan fingerprint density at radius 3 is 2.75 bits per heavy atom. The van der Waals surface area contributed by atoms with E-state index in [0.29, 0.717) is 13.0 Å². The van der Waals surface area contributed by atoms with Crippen LogP contribution in [0, 0.1) is 5.92 Å². The smallest absolute Gasteiger partial charge is 0.227 e. The number of carbonyl (C=O) groups excluding carboxylic acids is 1. The highest BCUT2D eigenvalue weighted by molar-refractivity contribution is 9.11. The van der Waals surface area contributed by atoms with Crippen molar-refractivity contribution in [3.8, 4) is 0 Å². The van der Waals surface area contributed by atoms with E-state index < -0.39 is 0 Å². The molecule has 86 valence electrons. The molecule has 1 aliphatic heterocycles. The van der Waals surface area contributed by atoms with Gasteiger partial charge in [0.05, 0.1) is 5.69 Å². The highest BCUT2D eigenvalue weighted by Crippen LogP contribution is 2.33. The molecule has 16 heavy (non-hydrogen) atoms. The number of nitrogens with zero attached hydrogens (tertiary/aromatic N) is 1. The third-order valence-corrected chi connectivity index (χ3v) is 3.87. The Kier molecular flexibility index (Phi) is 3.66. The lowest BCUT2D eigenvalue weighted by Gasteiger charge is -2.18. The lowest BCUT2D eigenvalue weighted by atomic mass is 10.1. The number of halogens is 2. The van der Waals surface area contributed by atoms with Crippen molar-refractivity contribution >= 4 is 43.5 Å². The lowest BCUT2D eigenvalue weighted by molar-refractivity contribution is -0.117. The molecular formula is C11H12Br2N2O. The molecule has 1 heterocycles. The van der Waals surface area contributed by atoms with E-state index in [4.69, 9.17) is 5.73 Å². The van der Waals surface area contributed by atoms with Gasteiger partial charge in [-0.05, 0) is 46.6 Å². The molecule has 1 unspecified atom stereocenters. The van der Waals surface area contributed by atoms with Gasteiger partial charge in [-0.25, -0.2) is 0 Å². The van der Waals surface area contributed by atoms with Crippen LogP contribution in [-0.2, 0) is 4.79 Å². The monoisotopic (exact) mass is 346 g/mol. The van der Waals surface area contributed by atoms with Crippen LogP contribution in [0.4, 0.5) is 5.69 Å². The minimum absolute atomic E-state index is 0.151. The molecule has 0 aromatic heterocycles. The van der Waals surface area contributed by atoms with Crippen LogP contribution in [0.3, 0.4) is 0 Å². The summed E-state index contributed by atoms with van der Waals surface area (Å²) in [6.07, 6.45) is 0.555. The summed E-state index contributed by atoms with van der Waals surface area (Å²) in [4.78, 5) is 13.6. The van der Waals surface area contributed by atoms with Gasteiger partial charge < -0.3 is 10.6 Å². The van der Waals surface area contributed by atoms with Gasteiger partial charge in [0.15, 0.2) is 0 Å². The van der Waals surface area contributed by atoms with Crippen LogP contribution in [0.25, 0.3) is 0 Å². The largest absolute Gasteiger partial charge is 0.330 e. The maximum Gasteiger partial charge on any atom is 0.227 e. The minimum Gasteiger partial charge on any atom is -0.330 e. The Hall–Kier alpha value is -0.390. The van der Waals surface area contributed by atoms with Crippen LogP contribution in [-0.4, -0.2) is 19.0 Å². The van der Waals surface area contributed by atoms with Crippen molar-refractivity contribution < 1.29 is 4.79 Å². The summed E-state index contributed by atoms with van der Waals surface area (Å²) in [5.41, 5.74) is 6.52. The summed E-state index contributed by atoms with van der Waals surface area (Å²) < 4.78 is 1.91. The van der Waals surface area contributed by atoms with Crippen LogP contribution >= 0.6 is 31.9 Å². The van der Waals surface area contributed by atoms with E-state index in [2.05, 4.69) is 31.9 Å². The molecule has 0 spiro atoms. The maximum absolute atomic E-state index is 11.8. The molecule has 2 N–H and O–H groups in total. The maximum atomic E-state index is 11.8. The number of benzene rings is 1. The number of hydrogen-bond acceptors (Lipinski definition) is 2. The van der Waals surface area contributed by atoms with Crippen molar-refractivity contribution in [2.75, 3.05) is 18.0 Å². The van der Waals surface area contributed by atoms with Crippen LogP contribution in [0.5, 0.6) is 0 Å². The normalized spacial score (nSPS) is 20.6. The lowest BCUT2D eigenvalue weighted by Crippen LogP contribution is -2.26. The zero-order valence-corrected chi connectivity index (χ0v) is 11.8. The molecule has 0 radical (unpaired) electrons. The molecule has 1 aromatic rings. The number of hydrogen-bond donors (Lipinski definition) is 1. The second-order valence-corrected chi connectivity index (χ2v) is 5.68. The van der Waals surface area contributed by atoms with Gasteiger partial charge in [0.2, 0.25) is 5.91 Å². The predicted octanol–water partition coefficient (Wildman–Crippen LogP) is 2.52. The topological polar surface area (TPSA) is 46.3 Å². The van der Waals surface area contributed by atoms with Crippen molar-refractivity contribution in [2.24, 2.45) is 11.7 Å². The SMILES string of the molecule is NCC1CC(=O)N(c2ccc(Br)cc2Br)C1. The van der Waals surface area contributed by atoms with Crippen LogP contribution < -0.4 is 10.6 Å². The Bertz CT molecular complexity index is 422. The molecule has 1 aromatic carbocycles. The summed E-state index contributed by atoms with van der Waals surface area (Å²) in [6, 6.07) is 5.81. The summed E-state index contributed by atoms with van der Waals surface area (Å²) >= 11 is 6.86. The highest BCUT2D eigenvalue weighted by atomic mass is 79.9. The molecule has 1 aliphatic rings. The van der Waals surface area contributed by atoms with Crippen LogP contribution in [0.1, 0.15) is 6.42 Å². The van der Waals surface area contributed by atoms with Gasteiger partial charge in [0, 0.05) is 21.9 Å². The first-order valence-electron chi connectivity index (χ1n) is 5.07. The van der Waals surface area contributed by atoms with E-state index in [1.165, 1.54) is 0 Å². The minimum atomic E-state index is 0.151. The van der Waals surface area contributed by atoms with Crippen molar-refractivity contribution in [2.45, 2.75) is 6.42 Å². The van der Waals surface area contributed by atoms with Gasteiger partial charge in [0.1, 0.15) is 0 Å². The Balaban J connectivity index is 2.28. The molecule has 0 bridgehead atoms. The first kappa shape index (κ1) is 12.1. The van der Waals surface area contributed by atoms with Crippen molar-refractivity contribution in [3.05, 3.63) is 27.1 Å². The second-order valence-electron chi connectivity index (χ2n) is 3.91. The first-order valence-corrected chi connectivity index (χ1v) is 6.66. The van der Waals surface area contributed by atoms with E-state index in [1.54, 1.807) is 4.90 Å². The van der Waals surface area contributed by atoms with Gasteiger partial charge in [0.25, 0.3) is 0 Å². The summed E-state index contributed by atoms with van der Waals surface area (Å²) in [7, 11) is 0. The second kappa shape index (κ2) is 4.85. The van der Waals surface area contributed by atoms with Crippen molar-refractivity contribution in [1.29, 1.82) is 0 Å². The van der Waals surface area contributed by atoms with E-state index >= 15 is 0 Å². The fraction of sp³-hybridized carbons (Fsp3) is 0.364. The van der Waals surface area contributed by atoms with E-state index in [1.807, 2.05) is 18.2 Å². The summed E-state index contributed by atoms with van der Waals surface area (Å²) in [5, 5.41) is 0. The quantitative estimate of drug-likeness (QED) is 0.893. The standard InChI is InChI=1S/C11H12Br2N2O/c12-8-1-2-10(9(13)4-8)15-6-7(5-14)3-11(15)16/h1-2,4,7H,3,5-6,14H2. The fourth-order valence-corrected chi connectivity index (χ4v) is 3.13. The van der Waals surface area contributed by atoms with Gasteiger partial charge in [-0.2, -0.15) is 0 Å². The summed E-state index contributed by atoms with van der Waals surface area (Å²) in [5.74, 6) is 0.432. The van der Waals surface area contributed by atoms with Gasteiger partial charge >= 0.3 is 0 Å². The average Bonchev–Trinajstić information content (AvgIpc) is 2.60. The van der Waals surface area contributed by atoms with Gasteiger partial charge in [-0.15, -0.1) is 0 Å². The number of rotatable bonds is 2. The third kappa shape index (κ3) is 2.31. The molecule has 1 amide bonds. The molecule has 3 nitrogen and oxygen atoms in total. The number of carbonyl (C=O) groups is 1. The van der Waals surface area contributed by atoms with Crippen molar-refractivity contribution in [3.63, 3.8) is 0 Å². The van der Waals surface area contributed by atoms with E-state index in [0.717, 1.165) is 21.2 Å². The molecule has 1 fully saturated rings. The number of anilines is 1. The zero-order chi connectivity index (χ0) is 11.7. The zero-order valence-electron chi connectivity index (χ0n) is 8.62. The third-order valence-electron chi connectivity index (χ3n) is 2.74. The summed E-state index contributed by atoms with van der Waals surface area (Å²) in [6.45, 7) is 1.28. The first-order chi connectivity index (χ1) is 7.61. The molecule has 5 heteroatoms. The molecule has 0 aliphatic carbocycles. The molecule has 1 saturated heterocycles. The van der Waals surface area contributed by atoms with Gasteiger partial charge in [-0.1, -0.05) is 15.9 Å². The number of nitrogens with two attached hydrogens (primary N) is 1. The highest BCUT2D eigenvalue weighted by Gasteiger charge is 2.30. The van der Waals surface area contributed by atoms with Crippen LogP contribution in [0.2, 0.25) is 0 Å². The molecule has 1 atom stereocenters. The Morgan fingerprint density at radius 1 is 1.44 bits per heavy atom. The Morgan fingerprint density at radius 2 is 2.19 bits per heavy atom.